The molecule has 0 unspecified atom stereocenters. The van der Waals surface area contributed by atoms with E-state index < -0.39 is 0 Å². The molecule has 1 atom stereocenters. The Balaban J connectivity index is 1.80. The van der Waals surface area contributed by atoms with Gasteiger partial charge in [-0.3, -0.25) is 14.2 Å². The molecule has 1 heterocycles. The van der Waals surface area contributed by atoms with Crippen LogP contribution in [0.4, 0.5) is 0 Å². The molecule has 1 aliphatic carbocycles. The Hall–Kier alpha value is -2.80. The summed E-state index contributed by atoms with van der Waals surface area (Å²) in [6.45, 7) is 1.83. The van der Waals surface area contributed by atoms with Crippen LogP contribution in [0.3, 0.4) is 0 Å². The highest BCUT2D eigenvalue weighted by molar-refractivity contribution is 8.00. The maximum atomic E-state index is 13.3. The largest absolute Gasteiger partial charge is 0.497 e. The number of rotatable bonds is 6. The van der Waals surface area contributed by atoms with E-state index in [1.807, 2.05) is 43.3 Å². The van der Waals surface area contributed by atoms with E-state index in [9.17, 15) is 9.59 Å². The number of methoxy groups -OCH3 is 1. The zero-order valence-electron chi connectivity index (χ0n) is 15.7. The number of benzene rings is 2. The molecule has 1 saturated carbocycles. The smallest absolute Gasteiger partial charge is 0.266 e. The normalized spacial score (nSPS) is 14.6. The van der Waals surface area contributed by atoms with Crippen molar-refractivity contribution < 1.29 is 9.53 Å². The third kappa shape index (κ3) is 3.75. The zero-order valence-corrected chi connectivity index (χ0v) is 16.5. The van der Waals surface area contributed by atoms with Crippen LogP contribution in [0.25, 0.3) is 16.6 Å². The summed E-state index contributed by atoms with van der Waals surface area (Å²) in [4.78, 5) is 30.4. The molecule has 1 aliphatic rings. The van der Waals surface area contributed by atoms with E-state index in [0.717, 1.165) is 12.8 Å². The molecule has 1 N–H and O–H groups in total. The van der Waals surface area contributed by atoms with E-state index in [2.05, 4.69) is 5.32 Å². The van der Waals surface area contributed by atoms with Crippen molar-refractivity contribution in [3.05, 3.63) is 58.9 Å². The van der Waals surface area contributed by atoms with Gasteiger partial charge in [0.05, 0.1) is 29.0 Å². The number of ether oxygens (including phenoxy) is 1. The molecule has 28 heavy (non-hydrogen) atoms. The van der Waals surface area contributed by atoms with Gasteiger partial charge in [0.25, 0.3) is 5.56 Å². The van der Waals surface area contributed by atoms with E-state index >= 15 is 0 Å². The average Bonchev–Trinajstić information content (AvgIpc) is 3.52. The predicted molar refractivity (Wildman–Crippen MR) is 110 cm³/mol. The van der Waals surface area contributed by atoms with Gasteiger partial charge >= 0.3 is 0 Å². The van der Waals surface area contributed by atoms with Crippen molar-refractivity contribution in [1.29, 1.82) is 0 Å². The molecule has 1 fully saturated rings. The molecule has 1 amide bonds. The number of hydrogen-bond acceptors (Lipinski definition) is 5. The van der Waals surface area contributed by atoms with E-state index in [0.29, 0.717) is 33.5 Å². The van der Waals surface area contributed by atoms with Gasteiger partial charge in [-0.1, -0.05) is 30.0 Å². The lowest BCUT2D eigenvalue weighted by atomic mass is 10.2. The molecule has 0 bridgehead atoms. The van der Waals surface area contributed by atoms with Gasteiger partial charge in [-0.15, -0.1) is 0 Å². The lowest BCUT2D eigenvalue weighted by molar-refractivity contribution is -0.120. The summed E-state index contributed by atoms with van der Waals surface area (Å²) >= 11 is 1.28. The van der Waals surface area contributed by atoms with E-state index in [-0.39, 0.29) is 16.7 Å². The van der Waals surface area contributed by atoms with Crippen molar-refractivity contribution in [2.75, 3.05) is 7.11 Å². The summed E-state index contributed by atoms with van der Waals surface area (Å²) < 4.78 is 6.86. The van der Waals surface area contributed by atoms with Gasteiger partial charge in [-0.25, -0.2) is 4.98 Å². The second kappa shape index (κ2) is 7.67. The Morgan fingerprint density at radius 1 is 1.25 bits per heavy atom. The van der Waals surface area contributed by atoms with Crippen LogP contribution in [0.1, 0.15) is 19.8 Å². The molecule has 7 heteroatoms. The van der Waals surface area contributed by atoms with Gasteiger partial charge < -0.3 is 10.1 Å². The second-order valence-electron chi connectivity index (χ2n) is 6.80. The number of carbonyl (C=O) groups is 1. The van der Waals surface area contributed by atoms with Crippen molar-refractivity contribution in [2.24, 2.45) is 0 Å². The first-order valence-electron chi connectivity index (χ1n) is 9.20. The topological polar surface area (TPSA) is 73.2 Å². The van der Waals surface area contributed by atoms with Crippen molar-refractivity contribution in [3.8, 4) is 11.4 Å². The standard InChI is InChI=1S/C21H21N3O3S/c1-13(19(25)22-14-10-11-14)28-21-23-18-9-4-3-8-17(18)20(26)24(21)15-6-5-7-16(12-15)27-2/h3-9,12-14H,10-11H2,1-2H3,(H,22,25)/t13-/m0/s1. The number of fused-ring (bicyclic) bond motifs is 1. The number of nitrogens with one attached hydrogen (secondary N) is 1. The van der Waals surface area contributed by atoms with Crippen LogP contribution in [0.15, 0.2) is 58.5 Å². The fourth-order valence-electron chi connectivity index (χ4n) is 2.93. The summed E-state index contributed by atoms with van der Waals surface area (Å²) in [5.41, 5.74) is 1.10. The van der Waals surface area contributed by atoms with Crippen molar-refractivity contribution in [1.82, 2.24) is 14.9 Å². The molecule has 4 rings (SSSR count). The van der Waals surface area contributed by atoms with Crippen LogP contribution in [-0.2, 0) is 4.79 Å². The minimum Gasteiger partial charge on any atom is -0.497 e. The van der Waals surface area contributed by atoms with Crippen LogP contribution in [0.5, 0.6) is 5.75 Å². The molecule has 0 saturated heterocycles. The van der Waals surface area contributed by atoms with Gasteiger partial charge in [-0.2, -0.15) is 0 Å². The molecule has 6 nitrogen and oxygen atoms in total. The average molecular weight is 395 g/mol. The van der Waals surface area contributed by atoms with Crippen LogP contribution < -0.4 is 15.6 Å². The monoisotopic (exact) mass is 395 g/mol. The quantitative estimate of drug-likeness (QED) is 0.513. The highest BCUT2D eigenvalue weighted by Crippen LogP contribution is 2.27. The minimum atomic E-state index is -0.370. The number of hydrogen-bond donors (Lipinski definition) is 1. The molecular formula is C21H21N3O3S. The first-order valence-corrected chi connectivity index (χ1v) is 10.1. The third-order valence-electron chi connectivity index (χ3n) is 4.63. The molecule has 0 aliphatic heterocycles. The number of nitrogens with zero attached hydrogens (tertiary/aromatic N) is 2. The van der Waals surface area contributed by atoms with Gasteiger partial charge in [0.1, 0.15) is 5.75 Å². The number of amides is 1. The van der Waals surface area contributed by atoms with E-state index in [4.69, 9.17) is 9.72 Å². The molecule has 0 spiro atoms. The Labute approximate surface area is 166 Å². The lowest BCUT2D eigenvalue weighted by Crippen LogP contribution is -2.33. The van der Waals surface area contributed by atoms with Crippen LogP contribution in [0.2, 0.25) is 0 Å². The molecular weight excluding hydrogens is 374 g/mol. The zero-order chi connectivity index (χ0) is 19.7. The summed E-state index contributed by atoms with van der Waals surface area (Å²) in [6.07, 6.45) is 2.07. The van der Waals surface area contributed by atoms with E-state index in [1.165, 1.54) is 11.8 Å². The Morgan fingerprint density at radius 2 is 2.04 bits per heavy atom. The van der Waals surface area contributed by atoms with Crippen molar-refractivity contribution in [3.63, 3.8) is 0 Å². The first-order chi connectivity index (χ1) is 13.6. The third-order valence-corrected chi connectivity index (χ3v) is 5.68. The maximum absolute atomic E-state index is 13.3. The van der Waals surface area contributed by atoms with Gasteiger partial charge in [-0.05, 0) is 44.0 Å². The van der Waals surface area contributed by atoms with Gasteiger partial charge in [0, 0.05) is 12.1 Å². The maximum Gasteiger partial charge on any atom is 0.266 e. The highest BCUT2D eigenvalue weighted by Gasteiger charge is 2.27. The predicted octanol–water partition coefficient (Wildman–Crippen LogP) is 3.15. The Kier molecular flexibility index (Phi) is 5.09. The molecule has 144 valence electrons. The fraction of sp³-hybridized carbons (Fsp3) is 0.286. The second-order valence-corrected chi connectivity index (χ2v) is 8.10. The van der Waals surface area contributed by atoms with Crippen LogP contribution >= 0.6 is 11.8 Å². The summed E-state index contributed by atoms with van der Waals surface area (Å²) in [6, 6.07) is 14.8. The number of carbonyl (C=O) groups excluding carboxylic acids is 1. The molecule has 1 aromatic heterocycles. The Bertz CT molecular complexity index is 1090. The van der Waals surface area contributed by atoms with Crippen molar-refractivity contribution in [2.45, 2.75) is 36.2 Å². The first kappa shape index (κ1) is 18.6. The molecule has 0 radical (unpaired) electrons. The molecule has 2 aromatic carbocycles. The van der Waals surface area contributed by atoms with Gasteiger partial charge in [0.15, 0.2) is 5.16 Å². The fourth-order valence-corrected chi connectivity index (χ4v) is 3.86. The SMILES string of the molecule is COc1cccc(-n2c(S[C@@H](C)C(=O)NC3CC3)nc3ccccc3c2=O)c1. The number of aromatic nitrogens is 2. The minimum absolute atomic E-state index is 0.0351. The number of thioether (sulfide) groups is 1. The summed E-state index contributed by atoms with van der Waals surface area (Å²) in [5, 5.41) is 3.65. The Morgan fingerprint density at radius 3 is 2.79 bits per heavy atom. The van der Waals surface area contributed by atoms with E-state index in [1.54, 1.807) is 23.8 Å². The number of para-hydroxylation sites is 1. The highest BCUT2D eigenvalue weighted by atomic mass is 32.2. The van der Waals surface area contributed by atoms with Crippen LogP contribution in [-0.4, -0.2) is 33.9 Å². The molecule has 3 aromatic rings. The van der Waals surface area contributed by atoms with Gasteiger partial charge in [0.2, 0.25) is 5.91 Å². The summed E-state index contributed by atoms with van der Waals surface area (Å²) in [5.74, 6) is 0.611. The summed E-state index contributed by atoms with van der Waals surface area (Å²) in [7, 11) is 1.58. The van der Waals surface area contributed by atoms with Crippen LogP contribution in [0, 0.1) is 0 Å². The lowest BCUT2D eigenvalue weighted by Gasteiger charge is -2.16. The van der Waals surface area contributed by atoms with Crippen molar-refractivity contribution >= 4 is 28.6 Å².